The van der Waals surface area contributed by atoms with Crippen molar-refractivity contribution in [3.8, 4) is 17.1 Å². The molecule has 1 atom stereocenters. The number of aromatic hydroxyl groups is 1. The summed E-state index contributed by atoms with van der Waals surface area (Å²) in [4.78, 5) is 9.25. The summed E-state index contributed by atoms with van der Waals surface area (Å²) >= 11 is 0. The van der Waals surface area contributed by atoms with Crippen molar-refractivity contribution in [3.63, 3.8) is 0 Å². The van der Waals surface area contributed by atoms with Crippen molar-refractivity contribution in [2.75, 3.05) is 11.9 Å². The second-order valence-corrected chi connectivity index (χ2v) is 5.98. The van der Waals surface area contributed by atoms with E-state index in [4.69, 9.17) is 5.73 Å². The van der Waals surface area contributed by atoms with Gasteiger partial charge in [0.1, 0.15) is 11.6 Å². The molecule has 4 N–H and O–H groups in total. The number of phenols is 1. The molecular weight excluding hydrogens is 300 g/mol. The summed E-state index contributed by atoms with van der Waals surface area (Å²) < 4.78 is 0. The van der Waals surface area contributed by atoms with Gasteiger partial charge in [0.05, 0.1) is 11.1 Å². The van der Waals surface area contributed by atoms with Crippen LogP contribution in [-0.2, 0) is 0 Å². The second kappa shape index (κ2) is 6.84. The van der Waals surface area contributed by atoms with Crippen molar-refractivity contribution in [3.05, 3.63) is 48.0 Å². The van der Waals surface area contributed by atoms with Crippen LogP contribution < -0.4 is 11.1 Å². The molecule has 2 aromatic carbocycles. The molecule has 124 valence electrons. The van der Waals surface area contributed by atoms with Gasteiger partial charge in [-0.1, -0.05) is 30.7 Å². The van der Waals surface area contributed by atoms with E-state index in [0.29, 0.717) is 17.9 Å². The van der Waals surface area contributed by atoms with Gasteiger partial charge in [0.25, 0.3) is 0 Å². The zero-order valence-corrected chi connectivity index (χ0v) is 14.0. The van der Waals surface area contributed by atoms with Crippen LogP contribution in [0.2, 0.25) is 0 Å². The maximum atomic E-state index is 10.2. The molecule has 5 heteroatoms. The minimum Gasteiger partial charge on any atom is -0.507 e. The normalized spacial score (nSPS) is 12.3. The van der Waals surface area contributed by atoms with E-state index in [-0.39, 0.29) is 11.8 Å². The topological polar surface area (TPSA) is 84.1 Å². The van der Waals surface area contributed by atoms with E-state index in [1.807, 2.05) is 43.3 Å². The maximum Gasteiger partial charge on any atom is 0.165 e. The van der Waals surface area contributed by atoms with E-state index in [9.17, 15) is 5.11 Å². The lowest BCUT2D eigenvalue weighted by molar-refractivity contribution is 0.477. The number of nitrogens with zero attached hydrogens (tertiary/aromatic N) is 2. The first kappa shape index (κ1) is 16.2. The summed E-state index contributed by atoms with van der Waals surface area (Å²) in [6, 6.07) is 13.3. The molecule has 0 saturated heterocycles. The molecule has 0 radical (unpaired) electrons. The van der Waals surface area contributed by atoms with Gasteiger partial charge in [-0.05, 0) is 37.6 Å². The fourth-order valence-corrected chi connectivity index (χ4v) is 2.53. The lowest BCUT2D eigenvalue weighted by Crippen LogP contribution is -2.28. The average Bonchev–Trinajstić information content (AvgIpc) is 2.61. The van der Waals surface area contributed by atoms with Gasteiger partial charge in [0.2, 0.25) is 0 Å². The van der Waals surface area contributed by atoms with Crippen LogP contribution in [0.3, 0.4) is 0 Å². The number of benzene rings is 2. The molecule has 0 aliphatic rings. The third kappa shape index (κ3) is 3.31. The molecule has 3 rings (SSSR count). The number of rotatable bonds is 5. The van der Waals surface area contributed by atoms with E-state index in [1.54, 1.807) is 6.07 Å². The molecule has 24 heavy (non-hydrogen) atoms. The van der Waals surface area contributed by atoms with E-state index < -0.39 is 0 Å². The molecule has 3 aromatic rings. The number of anilines is 1. The van der Waals surface area contributed by atoms with E-state index in [1.165, 1.54) is 0 Å². The number of nitrogens with two attached hydrogens (primary N) is 1. The number of aryl methyl sites for hydroxylation is 1. The number of fused-ring (bicyclic) bond motifs is 1. The highest BCUT2D eigenvalue weighted by Crippen LogP contribution is 2.30. The zero-order chi connectivity index (χ0) is 17.1. The number of aromatic nitrogens is 2. The highest BCUT2D eigenvalue weighted by molar-refractivity contribution is 5.90. The van der Waals surface area contributed by atoms with Crippen molar-refractivity contribution in [2.24, 2.45) is 5.73 Å². The van der Waals surface area contributed by atoms with Crippen LogP contribution in [-0.4, -0.2) is 27.7 Å². The number of nitrogens with one attached hydrogen (secondary N) is 1. The Balaban J connectivity index is 2.11. The molecule has 0 spiro atoms. The van der Waals surface area contributed by atoms with E-state index in [2.05, 4.69) is 22.2 Å². The fourth-order valence-electron chi connectivity index (χ4n) is 2.53. The Kier molecular flexibility index (Phi) is 4.62. The lowest BCUT2D eigenvalue weighted by atomic mass is 10.1. The predicted molar refractivity (Wildman–Crippen MR) is 98.1 cm³/mol. The van der Waals surface area contributed by atoms with Crippen LogP contribution in [0, 0.1) is 6.92 Å². The summed E-state index contributed by atoms with van der Waals surface area (Å²) in [5.74, 6) is 1.41. The summed E-state index contributed by atoms with van der Waals surface area (Å²) in [7, 11) is 0. The second-order valence-electron chi connectivity index (χ2n) is 5.98. The smallest absolute Gasteiger partial charge is 0.165 e. The zero-order valence-electron chi connectivity index (χ0n) is 14.0. The molecule has 0 amide bonds. The van der Waals surface area contributed by atoms with Gasteiger partial charge in [0, 0.05) is 18.0 Å². The quantitative estimate of drug-likeness (QED) is 0.670. The van der Waals surface area contributed by atoms with Gasteiger partial charge in [-0.15, -0.1) is 0 Å². The van der Waals surface area contributed by atoms with Gasteiger partial charge < -0.3 is 16.2 Å². The molecule has 5 nitrogen and oxygen atoms in total. The molecular formula is C19H22N4O. The first-order valence-corrected chi connectivity index (χ1v) is 8.14. The molecule has 0 aliphatic carbocycles. The summed E-state index contributed by atoms with van der Waals surface area (Å²) in [6.45, 7) is 4.67. The van der Waals surface area contributed by atoms with Crippen molar-refractivity contribution in [1.82, 2.24) is 9.97 Å². The van der Waals surface area contributed by atoms with Crippen molar-refractivity contribution >= 4 is 16.7 Å². The Labute approximate surface area is 141 Å². The minimum absolute atomic E-state index is 0.0644. The monoisotopic (exact) mass is 322 g/mol. The molecule has 1 aromatic heterocycles. The Morgan fingerprint density at radius 1 is 1.17 bits per heavy atom. The van der Waals surface area contributed by atoms with Crippen molar-refractivity contribution < 1.29 is 5.11 Å². The molecule has 0 unspecified atom stereocenters. The predicted octanol–water partition coefficient (Wildman–Crippen LogP) is 3.46. The van der Waals surface area contributed by atoms with E-state index in [0.717, 1.165) is 28.7 Å². The van der Waals surface area contributed by atoms with Crippen molar-refractivity contribution in [2.45, 2.75) is 26.3 Å². The summed E-state index contributed by atoms with van der Waals surface area (Å²) in [6.07, 6.45) is 0.890. The third-order valence-corrected chi connectivity index (χ3v) is 4.05. The third-order valence-electron chi connectivity index (χ3n) is 4.05. The van der Waals surface area contributed by atoms with Crippen LogP contribution in [0.4, 0.5) is 5.82 Å². The van der Waals surface area contributed by atoms with Crippen LogP contribution in [0.15, 0.2) is 42.5 Å². The number of phenolic OH excluding ortho intramolecular Hbond substituents is 1. The highest BCUT2D eigenvalue weighted by Gasteiger charge is 2.13. The highest BCUT2D eigenvalue weighted by atomic mass is 16.3. The van der Waals surface area contributed by atoms with Gasteiger partial charge in [-0.3, -0.25) is 0 Å². The molecule has 1 heterocycles. The molecule has 0 saturated carbocycles. The fraction of sp³-hybridized carbons (Fsp3) is 0.263. The molecule has 0 aliphatic heterocycles. The first-order valence-electron chi connectivity index (χ1n) is 8.14. The van der Waals surface area contributed by atoms with E-state index >= 15 is 0 Å². The Bertz CT molecular complexity index is 863. The van der Waals surface area contributed by atoms with Gasteiger partial charge in [-0.2, -0.15) is 0 Å². The van der Waals surface area contributed by atoms with Crippen LogP contribution in [0.5, 0.6) is 5.75 Å². The number of hydrogen-bond donors (Lipinski definition) is 3. The summed E-state index contributed by atoms with van der Waals surface area (Å²) in [5, 5.41) is 14.5. The van der Waals surface area contributed by atoms with Crippen LogP contribution >= 0.6 is 0 Å². The van der Waals surface area contributed by atoms with Crippen LogP contribution in [0.1, 0.15) is 18.9 Å². The minimum atomic E-state index is 0.0644. The van der Waals surface area contributed by atoms with Crippen molar-refractivity contribution in [1.29, 1.82) is 0 Å². The Morgan fingerprint density at radius 3 is 2.75 bits per heavy atom. The average molecular weight is 322 g/mol. The van der Waals surface area contributed by atoms with Gasteiger partial charge in [-0.25, -0.2) is 9.97 Å². The maximum absolute atomic E-state index is 10.2. The van der Waals surface area contributed by atoms with Gasteiger partial charge >= 0.3 is 0 Å². The molecule has 0 bridgehead atoms. The largest absolute Gasteiger partial charge is 0.507 e. The molecule has 0 fully saturated rings. The van der Waals surface area contributed by atoms with Crippen LogP contribution in [0.25, 0.3) is 22.3 Å². The van der Waals surface area contributed by atoms with Gasteiger partial charge in [0.15, 0.2) is 5.82 Å². The number of hydrogen-bond acceptors (Lipinski definition) is 5. The first-order chi connectivity index (χ1) is 11.6. The summed E-state index contributed by atoms with van der Waals surface area (Å²) in [5.41, 5.74) is 8.51. The standard InChI is InChI=1S/C19H22N4O/c1-3-13(20)11-21-18-14-6-4-5-7-16(14)22-19(23-18)15-10-12(2)8-9-17(15)24/h4-10,13,24H,3,11,20H2,1-2H3,(H,21,22,23)/t13-/m0/s1. The number of para-hydroxylation sites is 1. The Morgan fingerprint density at radius 2 is 1.96 bits per heavy atom. The lowest BCUT2D eigenvalue weighted by Gasteiger charge is -2.14. The Hall–Kier alpha value is -2.66. The SMILES string of the molecule is CC[C@H](N)CNc1nc(-c2cc(C)ccc2O)nc2ccccc12.